The number of carbonyl (C=O) groups excluding carboxylic acids is 1. The predicted octanol–water partition coefficient (Wildman–Crippen LogP) is 7.46. The number of fused-ring (bicyclic) bond motifs is 7. The molecule has 1 aliphatic carbocycles. The van der Waals surface area contributed by atoms with E-state index in [1.165, 1.54) is 27.1 Å². The van der Waals surface area contributed by atoms with Gasteiger partial charge in [0.25, 0.3) is 0 Å². The number of aryl methyl sites for hydroxylation is 1. The first-order valence-corrected chi connectivity index (χ1v) is 11.6. The lowest BCUT2D eigenvalue weighted by Gasteiger charge is -2.17. The molecule has 0 saturated carbocycles. The lowest BCUT2D eigenvalue weighted by atomic mass is 9.86. The summed E-state index contributed by atoms with van der Waals surface area (Å²) in [4.78, 5) is 24.0. The van der Waals surface area contributed by atoms with Crippen LogP contribution in [0.5, 0.6) is 0 Å². The zero-order chi connectivity index (χ0) is 23.1. The van der Waals surface area contributed by atoms with Gasteiger partial charge in [0.15, 0.2) is 5.78 Å². The Labute approximate surface area is 196 Å². The molecule has 0 spiro atoms. The average molecular weight is 443 g/mol. The molecule has 1 aromatic heterocycles. The van der Waals surface area contributed by atoms with E-state index >= 15 is 0 Å². The van der Waals surface area contributed by atoms with Crippen LogP contribution in [0.1, 0.15) is 28.8 Å². The topological polar surface area (TPSA) is 47.3 Å². The Bertz CT molecular complexity index is 1720. The van der Waals surface area contributed by atoms with E-state index < -0.39 is 0 Å². The molecular weight excluding hydrogens is 420 g/mol. The second-order valence-corrected chi connectivity index (χ2v) is 8.67. The monoisotopic (exact) mass is 442 g/mol. The fourth-order valence-electron chi connectivity index (χ4n) is 4.99. The summed E-state index contributed by atoms with van der Waals surface area (Å²) in [6.45, 7) is 0. The van der Waals surface area contributed by atoms with Crippen LogP contribution in [0, 0.1) is 0 Å². The van der Waals surface area contributed by atoms with Gasteiger partial charge in [-0.25, -0.2) is 0 Å². The molecule has 0 aliphatic heterocycles. The third-order valence-corrected chi connectivity index (χ3v) is 6.65. The van der Waals surface area contributed by atoms with Gasteiger partial charge in [0.05, 0.1) is 10.8 Å². The summed E-state index contributed by atoms with van der Waals surface area (Å²) in [5.41, 5.74) is 3.50. The largest absolute Gasteiger partial charge is 0.456 e. The smallest absolute Gasteiger partial charge is 0.200 e. The van der Waals surface area contributed by atoms with Gasteiger partial charge >= 0.3 is 0 Å². The van der Waals surface area contributed by atoms with Crippen LogP contribution in [0.15, 0.2) is 106 Å². The molecule has 0 fully saturated rings. The fraction of sp³-hybridized carbons (Fsp3) is 0.0968. The van der Waals surface area contributed by atoms with Crippen molar-refractivity contribution >= 4 is 49.3 Å². The van der Waals surface area contributed by atoms with Crippen LogP contribution in [0.25, 0.3) is 43.5 Å². The quantitative estimate of drug-likeness (QED) is 0.181. The zero-order valence-corrected chi connectivity index (χ0v) is 18.6. The van der Waals surface area contributed by atoms with E-state index in [1.807, 2.05) is 42.5 Å². The Kier molecular flexibility index (Phi) is 4.96. The minimum Gasteiger partial charge on any atom is -0.456 e. The van der Waals surface area contributed by atoms with Gasteiger partial charge < -0.3 is 4.42 Å². The van der Waals surface area contributed by atoms with Crippen LogP contribution in [-0.4, -0.2) is 5.78 Å². The number of hydrogen-bond donors (Lipinski definition) is 0. The van der Waals surface area contributed by atoms with E-state index in [2.05, 4.69) is 42.5 Å². The van der Waals surface area contributed by atoms with Gasteiger partial charge in [-0.2, -0.15) is 0 Å². The highest BCUT2D eigenvalue weighted by molar-refractivity contribution is 6.12. The minimum absolute atomic E-state index is 0.0347. The van der Waals surface area contributed by atoms with E-state index in [4.69, 9.17) is 4.42 Å². The Morgan fingerprint density at radius 2 is 1.15 bits per heavy atom. The average Bonchev–Trinajstić information content (AvgIpc) is 2.89. The summed E-state index contributed by atoms with van der Waals surface area (Å²) in [5.74, 6) is 0.302. The molecule has 0 N–H and O–H groups in total. The highest BCUT2D eigenvalue weighted by atomic mass is 16.3. The first kappa shape index (κ1) is 20.4. The maximum atomic E-state index is 12.0. The fourth-order valence-corrected chi connectivity index (χ4v) is 4.99. The third kappa shape index (κ3) is 3.37. The standard InChI is InChI=1S/C18H14O.C13H8O2/c19-18-7-3-6-14-16-9-8-12-4-1-2-5-13(12)15(16)10-11-17(14)18;14-13-9-5-1-3-7-11(9)15-12-8-4-2-6-10(12)13/h1-2,4-5,8-11H,3,6-7H2;1-8H. The number of Topliss-reactive ketones (excluding diaryl/α,β-unsaturated/α-hetero) is 1. The summed E-state index contributed by atoms with van der Waals surface area (Å²) in [6, 6.07) is 31.5. The Morgan fingerprint density at radius 1 is 0.529 bits per heavy atom. The molecule has 0 atom stereocenters. The molecule has 0 radical (unpaired) electrons. The summed E-state index contributed by atoms with van der Waals surface area (Å²) in [5, 5.41) is 6.33. The second-order valence-electron chi connectivity index (χ2n) is 8.67. The molecule has 0 saturated heterocycles. The highest BCUT2D eigenvalue weighted by Crippen LogP contribution is 2.33. The highest BCUT2D eigenvalue weighted by Gasteiger charge is 2.19. The molecule has 1 aliphatic rings. The van der Waals surface area contributed by atoms with Gasteiger partial charge in [-0.15, -0.1) is 0 Å². The van der Waals surface area contributed by atoms with Crippen molar-refractivity contribution < 1.29 is 9.21 Å². The Balaban J connectivity index is 0.000000132. The van der Waals surface area contributed by atoms with Crippen LogP contribution in [0.4, 0.5) is 0 Å². The van der Waals surface area contributed by atoms with E-state index in [0.717, 1.165) is 18.4 Å². The van der Waals surface area contributed by atoms with Crippen LogP contribution >= 0.6 is 0 Å². The third-order valence-electron chi connectivity index (χ3n) is 6.65. The lowest BCUT2D eigenvalue weighted by molar-refractivity contribution is 0.0973. The van der Waals surface area contributed by atoms with E-state index in [9.17, 15) is 9.59 Å². The van der Waals surface area contributed by atoms with Crippen LogP contribution in [-0.2, 0) is 6.42 Å². The first-order chi connectivity index (χ1) is 16.7. The number of rotatable bonds is 0. The molecule has 3 nitrogen and oxygen atoms in total. The number of para-hydroxylation sites is 2. The maximum absolute atomic E-state index is 12.0. The van der Waals surface area contributed by atoms with Crippen molar-refractivity contribution in [3.05, 3.63) is 118 Å². The Morgan fingerprint density at radius 3 is 1.88 bits per heavy atom. The molecule has 1 heterocycles. The van der Waals surface area contributed by atoms with Gasteiger partial charge in [0.1, 0.15) is 11.2 Å². The van der Waals surface area contributed by atoms with Gasteiger partial charge in [-0.1, -0.05) is 72.8 Å². The minimum atomic E-state index is 0.0347. The molecule has 0 amide bonds. The maximum Gasteiger partial charge on any atom is 0.200 e. The molecule has 164 valence electrons. The normalized spacial score (nSPS) is 13.1. The van der Waals surface area contributed by atoms with Crippen molar-refractivity contribution in [3.8, 4) is 0 Å². The van der Waals surface area contributed by atoms with Crippen molar-refractivity contribution in [1.82, 2.24) is 0 Å². The summed E-state index contributed by atoms with van der Waals surface area (Å²) in [6.07, 6.45) is 2.71. The molecular formula is C31H22O3. The molecule has 0 unspecified atom stereocenters. The summed E-state index contributed by atoms with van der Waals surface area (Å²) < 4.78 is 5.63. The van der Waals surface area contributed by atoms with E-state index in [1.54, 1.807) is 12.1 Å². The SMILES string of the molecule is O=C1CCCc2c1ccc1c2ccc2ccccc21.O=c1c2ccccc2oc2ccccc12. The van der Waals surface area contributed by atoms with Crippen LogP contribution in [0.2, 0.25) is 0 Å². The van der Waals surface area contributed by atoms with Gasteiger partial charge in [0, 0.05) is 12.0 Å². The molecule has 6 aromatic rings. The second kappa shape index (κ2) is 8.27. The summed E-state index contributed by atoms with van der Waals surface area (Å²) in [7, 11) is 0. The van der Waals surface area contributed by atoms with Crippen molar-refractivity contribution in [1.29, 1.82) is 0 Å². The van der Waals surface area contributed by atoms with Crippen molar-refractivity contribution in [2.75, 3.05) is 0 Å². The summed E-state index contributed by atoms with van der Waals surface area (Å²) >= 11 is 0. The number of ketones is 1. The molecule has 3 heteroatoms. The molecule has 5 aromatic carbocycles. The van der Waals surface area contributed by atoms with E-state index in [0.29, 0.717) is 34.1 Å². The number of carbonyl (C=O) groups is 1. The molecule has 34 heavy (non-hydrogen) atoms. The van der Waals surface area contributed by atoms with Gasteiger partial charge in [0.2, 0.25) is 5.43 Å². The number of hydrogen-bond acceptors (Lipinski definition) is 3. The van der Waals surface area contributed by atoms with E-state index in [-0.39, 0.29) is 5.43 Å². The van der Waals surface area contributed by atoms with Gasteiger partial charge in [-0.3, -0.25) is 9.59 Å². The molecule has 7 rings (SSSR count). The number of benzene rings is 5. The van der Waals surface area contributed by atoms with Gasteiger partial charge in [-0.05, 0) is 64.2 Å². The lowest BCUT2D eigenvalue weighted by Crippen LogP contribution is -2.10. The first-order valence-electron chi connectivity index (χ1n) is 11.6. The van der Waals surface area contributed by atoms with Crippen molar-refractivity contribution in [3.63, 3.8) is 0 Å². The van der Waals surface area contributed by atoms with Crippen molar-refractivity contribution in [2.24, 2.45) is 0 Å². The molecule has 0 bridgehead atoms. The van der Waals surface area contributed by atoms with Crippen LogP contribution < -0.4 is 5.43 Å². The Hall–Kier alpha value is -4.24. The predicted molar refractivity (Wildman–Crippen MR) is 139 cm³/mol. The van der Waals surface area contributed by atoms with Crippen molar-refractivity contribution in [2.45, 2.75) is 19.3 Å². The zero-order valence-electron chi connectivity index (χ0n) is 18.6. The van der Waals surface area contributed by atoms with Crippen LogP contribution in [0.3, 0.4) is 0 Å².